The maximum absolute atomic E-state index is 14.4. The summed E-state index contributed by atoms with van der Waals surface area (Å²) in [6.45, 7) is 0.352. The minimum absolute atomic E-state index is 0.0521. The van der Waals surface area contributed by atoms with Crippen LogP contribution in [-0.2, 0) is 0 Å². The van der Waals surface area contributed by atoms with Gasteiger partial charge in [-0.05, 0) is 43.2 Å². The maximum Gasteiger partial charge on any atom is 0.311 e. The van der Waals surface area contributed by atoms with Crippen LogP contribution >= 0.6 is 11.6 Å². The fourth-order valence-corrected chi connectivity index (χ4v) is 3.14. The number of nitrogens with one attached hydrogen (secondary N) is 1. The van der Waals surface area contributed by atoms with Crippen LogP contribution in [0.1, 0.15) is 12.8 Å². The zero-order chi connectivity index (χ0) is 18.7. The predicted molar refractivity (Wildman–Crippen MR) is 98.0 cm³/mol. The summed E-state index contributed by atoms with van der Waals surface area (Å²) >= 11 is 5.82. The standard InChI is InChI=1S/C17H18ClFN4O3/c18-15-7-6-14(23(25)26)16(21-15)20-12-2-4-13(5-3-12)22-9-1-8-17(19,10-22)11-24/h2-7,24H,1,8-11H2,(H,20,21). The molecule has 9 heteroatoms. The summed E-state index contributed by atoms with van der Waals surface area (Å²) in [7, 11) is 0. The number of aromatic nitrogens is 1. The molecular formula is C17H18ClFN4O3. The lowest BCUT2D eigenvalue weighted by molar-refractivity contribution is -0.384. The average molecular weight is 381 g/mol. The fraction of sp³-hybridized carbons (Fsp3) is 0.353. The van der Waals surface area contributed by atoms with Gasteiger partial charge in [0, 0.05) is 24.0 Å². The predicted octanol–water partition coefficient (Wildman–Crippen LogP) is 3.69. The molecule has 1 fully saturated rings. The van der Waals surface area contributed by atoms with Gasteiger partial charge in [0.25, 0.3) is 0 Å². The van der Waals surface area contributed by atoms with Gasteiger partial charge in [0.1, 0.15) is 5.15 Å². The zero-order valence-corrected chi connectivity index (χ0v) is 14.6. The van der Waals surface area contributed by atoms with Crippen molar-refractivity contribution in [1.82, 2.24) is 4.98 Å². The van der Waals surface area contributed by atoms with Crippen LogP contribution in [0.3, 0.4) is 0 Å². The molecule has 1 aromatic heterocycles. The van der Waals surface area contributed by atoms with Crippen molar-refractivity contribution in [3.8, 4) is 0 Å². The summed E-state index contributed by atoms with van der Waals surface area (Å²) in [4.78, 5) is 16.4. The lowest BCUT2D eigenvalue weighted by Crippen LogP contribution is -2.47. The second kappa shape index (κ2) is 7.43. The van der Waals surface area contributed by atoms with E-state index in [-0.39, 0.29) is 23.2 Å². The van der Waals surface area contributed by atoms with Crippen LogP contribution in [0.5, 0.6) is 0 Å². The molecule has 2 N–H and O–H groups in total. The number of anilines is 3. The van der Waals surface area contributed by atoms with Crippen molar-refractivity contribution < 1.29 is 14.4 Å². The number of nitrogens with zero attached hydrogens (tertiary/aromatic N) is 3. The number of halogens is 2. The molecule has 2 aromatic rings. The molecule has 0 spiro atoms. The molecule has 0 aliphatic carbocycles. The minimum atomic E-state index is -1.58. The molecule has 1 aromatic carbocycles. The maximum atomic E-state index is 14.4. The highest BCUT2D eigenvalue weighted by Crippen LogP contribution is 2.31. The van der Waals surface area contributed by atoms with Gasteiger partial charge in [-0.25, -0.2) is 9.37 Å². The number of benzene rings is 1. The second-order valence-electron chi connectivity index (χ2n) is 6.26. The first kappa shape index (κ1) is 18.3. The summed E-state index contributed by atoms with van der Waals surface area (Å²) in [5, 5.41) is 23.4. The molecule has 1 saturated heterocycles. The Bertz CT molecular complexity index is 805. The number of aliphatic hydroxyl groups excluding tert-OH is 1. The van der Waals surface area contributed by atoms with Crippen molar-refractivity contribution in [2.75, 3.05) is 29.9 Å². The quantitative estimate of drug-likeness (QED) is 0.467. The van der Waals surface area contributed by atoms with Gasteiger partial charge in [-0.1, -0.05) is 11.6 Å². The molecule has 1 atom stereocenters. The van der Waals surface area contributed by atoms with Crippen LogP contribution in [0.4, 0.5) is 27.3 Å². The van der Waals surface area contributed by atoms with Crippen molar-refractivity contribution >= 4 is 34.5 Å². The van der Waals surface area contributed by atoms with E-state index in [1.807, 2.05) is 4.90 Å². The molecule has 2 heterocycles. The number of hydrogen-bond acceptors (Lipinski definition) is 6. The number of hydrogen-bond donors (Lipinski definition) is 2. The first-order valence-corrected chi connectivity index (χ1v) is 8.51. The molecule has 1 unspecified atom stereocenters. The van der Waals surface area contributed by atoms with E-state index >= 15 is 0 Å². The Labute approximate surface area is 154 Å². The van der Waals surface area contributed by atoms with Gasteiger partial charge in [-0.15, -0.1) is 0 Å². The average Bonchev–Trinajstić information content (AvgIpc) is 2.62. The van der Waals surface area contributed by atoms with E-state index < -0.39 is 17.2 Å². The van der Waals surface area contributed by atoms with Crippen molar-refractivity contribution in [1.29, 1.82) is 0 Å². The third kappa shape index (κ3) is 4.03. The molecule has 7 nitrogen and oxygen atoms in total. The van der Waals surface area contributed by atoms with Gasteiger partial charge in [0.2, 0.25) is 5.82 Å². The summed E-state index contributed by atoms with van der Waals surface area (Å²) < 4.78 is 14.4. The topological polar surface area (TPSA) is 91.5 Å². The van der Waals surface area contributed by atoms with Gasteiger partial charge in [0.15, 0.2) is 5.67 Å². The lowest BCUT2D eigenvalue weighted by atomic mass is 9.95. The molecule has 1 aliphatic heterocycles. The van der Waals surface area contributed by atoms with Crippen molar-refractivity contribution in [2.24, 2.45) is 0 Å². The van der Waals surface area contributed by atoms with Crippen LogP contribution in [-0.4, -0.2) is 40.4 Å². The SMILES string of the molecule is O=[N+]([O-])c1ccc(Cl)nc1Nc1ccc(N2CCCC(F)(CO)C2)cc1. The Morgan fingerprint density at radius 2 is 2.08 bits per heavy atom. The number of piperidine rings is 1. The van der Waals surface area contributed by atoms with Crippen LogP contribution in [0.2, 0.25) is 5.15 Å². The Morgan fingerprint density at radius 1 is 1.35 bits per heavy atom. The third-order valence-electron chi connectivity index (χ3n) is 4.34. The van der Waals surface area contributed by atoms with E-state index in [4.69, 9.17) is 11.6 Å². The highest BCUT2D eigenvalue weighted by Gasteiger charge is 2.34. The monoisotopic (exact) mass is 380 g/mol. The normalized spacial score (nSPS) is 20.0. The van der Waals surface area contributed by atoms with Crippen molar-refractivity contribution in [2.45, 2.75) is 18.5 Å². The molecule has 1 aliphatic rings. The van der Waals surface area contributed by atoms with Crippen molar-refractivity contribution in [3.63, 3.8) is 0 Å². The number of alkyl halides is 1. The molecule has 0 saturated carbocycles. The van der Waals surface area contributed by atoms with Crippen LogP contribution in [0, 0.1) is 10.1 Å². The largest absolute Gasteiger partial charge is 0.393 e. The zero-order valence-electron chi connectivity index (χ0n) is 13.9. The van der Waals surface area contributed by atoms with Gasteiger partial charge >= 0.3 is 5.69 Å². The number of pyridine rings is 1. The Morgan fingerprint density at radius 3 is 2.73 bits per heavy atom. The van der Waals surface area contributed by atoms with E-state index in [0.29, 0.717) is 25.1 Å². The summed E-state index contributed by atoms with van der Waals surface area (Å²) in [6.07, 6.45) is 1.01. The van der Waals surface area contributed by atoms with Gasteiger partial charge in [-0.3, -0.25) is 10.1 Å². The van der Waals surface area contributed by atoms with Gasteiger partial charge in [-0.2, -0.15) is 0 Å². The smallest absolute Gasteiger partial charge is 0.311 e. The highest BCUT2D eigenvalue weighted by molar-refractivity contribution is 6.29. The van der Waals surface area contributed by atoms with E-state index in [9.17, 15) is 19.6 Å². The molecule has 0 radical (unpaired) electrons. The summed E-state index contributed by atoms with van der Waals surface area (Å²) in [6, 6.07) is 9.69. The Hall–Kier alpha value is -2.45. The molecular weight excluding hydrogens is 363 g/mol. The highest BCUT2D eigenvalue weighted by atomic mass is 35.5. The van der Waals surface area contributed by atoms with Crippen LogP contribution < -0.4 is 10.2 Å². The number of nitro groups is 1. The molecule has 3 rings (SSSR count). The van der Waals surface area contributed by atoms with E-state index in [1.54, 1.807) is 24.3 Å². The molecule has 26 heavy (non-hydrogen) atoms. The molecule has 138 valence electrons. The van der Waals surface area contributed by atoms with Crippen molar-refractivity contribution in [3.05, 3.63) is 51.7 Å². The van der Waals surface area contributed by atoms with E-state index in [0.717, 1.165) is 5.69 Å². The first-order chi connectivity index (χ1) is 12.4. The number of aliphatic hydroxyl groups is 1. The van der Waals surface area contributed by atoms with Crippen LogP contribution in [0.25, 0.3) is 0 Å². The van der Waals surface area contributed by atoms with E-state index in [2.05, 4.69) is 10.3 Å². The fourth-order valence-electron chi connectivity index (χ4n) is 3.00. The van der Waals surface area contributed by atoms with Gasteiger partial charge < -0.3 is 15.3 Å². The third-order valence-corrected chi connectivity index (χ3v) is 4.55. The number of rotatable bonds is 5. The van der Waals surface area contributed by atoms with Gasteiger partial charge in [0.05, 0.1) is 18.1 Å². The Balaban J connectivity index is 1.77. The van der Waals surface area contributed by atoms with E-state index in [1.165, 1.54) is 12.1 Å². The van der Waals surface area contributed by atoms with Crippen LogP contribution in [0.15, 0.2) is 36.4 Å². The Kier molecular flexibility index (Phi) is 5.24. The molecule has 0 amide bonds. The molecule has 0 bridgehead atoms. The summed E-state index contributed by atoms with van der Waals surface area (Å²) in [5.74, 6) is 0.0521. The summed E-state index contributed by atoms with van der Waals surface area (Å²) in [5.41, 5.74) is -0.350. The lowest BCUT2D eigenvalue weighted by Gasteiger charge is -2.37. The minimum Gasteiger partial charge on any atom is -0.393 e. The second-order valence-corrected chi connectivity index (χ2v) is 6.65. The first-order valence-electron chi connectivity index (χ1n) is 8.13.